The lowest BCUT2D eigenvalue weighted by Crippen LogP contribution is -2.48. The lowest BCUT2D eigenvalue weighted by molar-refractivity contribution is -0.144. The van der Waals surface area contributed by atoms with Gasteiger partial charge in [-0.25, -0.2) is 18.6 Å². The first kappa shape index (κ1) is 42.7. The molecule has 1 aliphatic heterocycles. The summed E-state index contributed by atoms with van der Waals surface area (Å²) in [7, 11) is 3.62. The average molecular weight is 866 g/mol. The third kappa shape index (κ3) is 8.20. The second-order valence-electron chi connectivity index (χ2n) is 16.6. The number of halogens is 7. The van der Waals surface area contributed by atoms with Crippen LogP contribution in [0.15, 0.2) is 48.5 Å². The molecule has 3 atom stereocenters. The number of aromatic nitrogens is 5. The number of nitrogens with one attached hydrogen (secondary N) is 2. The fourth-order valence-electron chi connectivity index (χ4n) is 8.61. The molecular formula is C43H42F7N9O3. The smallest absolute Gasteiger partial charge is 0.378 e. The number of aryl methyl sites for hydroxylation is 1. The van der Waals surface area contributed by atoms with Gasteiger partial charge in [0.2, 0.25) is 5.91 Å². The fourth-order valence-corrected chi connectivity index (χ4v) is 8.61. The monoisotopic (exact) mass is 865 g/mol. The number of hydrogen-bond acceptors (Lipinski definition) is 7. The molecule has 19 heteroatoms. The van der Waals surface area contributed by atoms with E-state index in [-0.39, 0.29) is 48.1 Å². The first-order valence-electron chi connectivity index (χ1n) is 20.0. The lowest BCUT2D eigenvalue weighted by Gasteiger charge is -2.34. The van der Waals surface area contributed by atoms with Crippen molar-refractivity contribution in [3.8, 4) is 23.0 Å². The number of carbonyl (C=O) groups is 2. The number of aliphatic hydroxyl groups is 1. The van der Waals surface area contributed by atoms with Crippen molar-refractivity contribution in [2.45, 2.75) is 69.3 Å². The van der Waals surface area contributed by atoms with Gasteiger partial charge in [-0.2, -0.15) is 32.1 Å². The van der Waals surface area contributed by atoms with Crippen molar-refractivity contribution in [2.24, 2.45) is 13.0 Å². The topological polar surface area (TPSA) is 133 Å². The van der Waals surface area contributed by atoms with Crippen LogP contribution in [0.25, 0.3) is 22.0 Å². The number of rotatable bonds is 8. The summed E-state index contributed by atoms with van der Waals surface area (Å²) in [5, 5.41) is 24.6. The summed E-state index contributed by atoms with van der Waals surface area (Å²) in [5.41, 5.74) is -2.97. The highest BCUT2D eigenvalue weighted by atomic mass is 19.4. The van der Waals surface area contributed by atoms with Crippen LogP contribution in [0.4, 0.5) is 41.3 Å². The molecule has 0 spiro atoms. The second-order valence-corrected chi connectivity index (χ2v) is 16.6. The van der Waals surface area contributed by atoms with Gasteiger partial charge >= 0.3 is 12.2 Å². The van der Waals surface area contributed by atoms with E-state index < -0.39 is 76.6 Å². The van der Waals surface area contributed by atoms with Crippen LogP contribution in [0, 0.1) is 29.4 Å². The van der Waals surface area contributed by atoms with Crippen molar-refractivity contribution < 1.29 is 45.4 Å². The van der Waals surface area contributed by atoms with Gasteiger partial charge in [0.05, 0.1) is 17.3 Å². The molecule has 2 aromatic carbocycles. The molecule has 3 amide bonds. The third-order valence-corrected chi connectivity index (χ3v) is 11.6. The van der Waals surface area contributed by atoms with Crippen LogP contribution < -0.4 is 10.6 Å². The number of likely N-dealkylation sites (N-methyl/N-ethyl adjacent to an activating group) is 1. The van der Waals surface area contributed by atoms with Crippen LogP contribution in [0.5, 0.6) is 0 Å². The number of alkyl halides is 5. The summed E-state index contributed by atoms with van der Waals surface area (Å²) < 4.78 is 105. The summed E-state index contributed by atoms with van der Waals surface area (Å²) in [5.74, 6) is -3.28. The Hall–Kier alpha value is -6.00. The van der Waals surface area contributed by atoms with Crippen LogP contribution in [0.2, 0.25) is 0 Å². The number of benzene rings is 2. The molecule has 0 unspecified atom stereocenters. The predicted molar refractivity (Wildman–Crippen MR) is 213 cm³/mol. The maximum absolute atomic E-state index is 15.7. The maximum atomic E-state index is 15.7. The molecule has 2 fully saturated rings. The van der Waals surface area contributed by atoms with Crippen LogP contribution in [-0.2, 0) is 36.9 Å². The maximum Gasteiger partial charge on any atom is 0.435 e. The minimum absolute atomic E-state index is 0.0107. The van der Waals surface area contributed by atoms with E-state index in [1.165, 1.54) is 18.5 Å². The Balaban J connectivity index is 1.23. The van der Waals surface area contributed by atoms with Gasteiger partial charge in [0, 0.05) is 67.3 Å². The van der Waals surface area contributed by atoms with Crippen LogP contribution in [-0.4, -0.2) is 90.2 Å². The van der Waals surface area contributed by atoms with Gasteiger partial charge < -0.3 is 20.2 Å². The molecule has 3 N–H and O–H groups in total. The highest BCUT2D eigenvalue weighted by molar-refractivity contribution is 6.04. The number of pyridine rings is 1. The minimum atomic E-state index is -5.07. The molecule has 12 nitrogen and oxygen atoms in total. The van der Waals surface area contributed by atoms with Gasteiger partial charge in [-0.3, -0.25) is 19.5 Å². The Bertz CT molecular complexity index is 2630. The molecule has 8 rings (SSSR count). The largest absolute Gasteiger partial charge is 0.435 e. The number of anilines is 1. The predicted octanol–water partition coefficient (Wildman–Crippen LogP) is 6.73. The lowest BCUT2D eigenvalue weighted by atomic mass is 9.73. The van der Waals surface area contributed by atoms with E-state index in [4.69, 9.17) is 4.98 Å². The van der Waals surface area contributed by atoms with E-state index in [1.54, 1.807) is 42.3 Å². The molecule has 2 aliphatic carbocycles. The summed E-state index contributed by atoms with van der Waals surface area (Å²) in [6.07, 6.45) is -5.28. The zero-order chi connectivity index (χ0) is 44.5. The van der Waals surface area contributed by atoms with Gasteiger partial charge in [-0.1, -0.05) is 18.1 Å². The first-order chi connectivity index (χ1) is 29.2. The standard InChI is InChI=1S/C43H42F7N9O3/c1-41(2,62)13-12-26-8-9-27(28-6-5-7-30-36(28)57(4)55-39(30)53-40(61)58-16-14-56(3)15-17-58)35(51-26)32(20-23-18-24(44)21-25(45)19-23)52-33(60)22-59-38-34(37(54-59)43(48,49)50)29-10-11-31(29)42(38,46)47/h5-9,18-19,21,29,31-32,62H,10-11,14-17,20,22H2,1-4H3,(H,52,60)(H,53,55,61)/t29-,31+,32-/m0/s1. The summed E-state index contributed by atoms with van der Waals surface area (Å²) in [6.45, 7) is 4.25. The van der Waals surface area contributed by atoms with E-state index in [0.717, 1.165) is 12.1 Å². The highest BCUT2D eigenvalue weighted by Gasteiger charge is 2.63. The minimum Gasteiger partial charge on any atom is -0.378 e. The molecule has 1 saturated heterocycles. The van der Waals surface area contributed by atoms with Gasteiger partial charge in [-0.05, 0) is 87.9 Å². The number of carbonyl (C=O) groups excluding carboxylic acids is 2. The average Bonchev–Trinajstić information content (AvgIpc) is 3.74. The first-order valence-corrected chi connectivity index (χ1v) is 20.0. The number of piperazine rings is 1. The van der Waals surface area contributed by atoms with E-state index in [0.29, 0.717) is 59.0 Å². The third-order valence-electron chi connectivity index (χ3n) is 11.6. The Morgan fingerprint density at radius 2 is 1.68 bits per heavy atom. The van der Waals surface area contributed by atoms with Gasteiger partial charge in [0.25, 0.3) is 5.92 Å². The molecule has 4 heterocycles. The summed E-state index contributed by atoms with van der Waals surface area (Å²) in [6, 6.07) is 9.39. The SMILES string of the molecule is CN1CCN(C(=O)Nc2nn(C)c3c(-c4ccc(C#CC(C)(C)O)nc4[C@H](Cc4cc(F)cc(F)c4)NC(=O)Cn4nc(C(F)(F)F)c5c4C(F)(F)[C@@H]4CC[C@H]54)cccc23)CC1. The molecule has 0 bridgehead atoms. The van der Waals surface area contributed by atoms with Crippen LogP contribution in [0.1, 0.15) is 72.6 Å². The Kier molecular flexibility index (Phi) is 10.8. The van der Waals surface area contributed by atoms with Crippen molar-refractivity contribution in [1.82, 2.24) is 39.7 Å². The number of amides is 3. The summed E-state index contributed by atoms with van der Waals surface area (Å²) in [4.78, 5) is 36.0. The molecule has 1 saturated carbocycles. The Labute approximate surface area is 351 Å². The normalized spacial score (nSPS) is 19.0. The van der Waals surface area contributed by atoms with Crippen LogP contribution >= 0.6 is 0 Å². The van der Waals surface area contributed by atoms with Crippen molar-refractivity contribution in [2.75, 3.05) is 38.5 Å². The van der Waals surface area contributed by atoms with Crippen molar-refractivity contribution in [3.63, 3.8) is 0 Å². The molecule has 3 aromatic heterocycles. The summed E-state index contributed by atoms with van der Waals surface area (Å²) >= 11 is 0. The van der Waals surface area contributed by atoms with Crippen molar-refractivity contribution in [3.05, 3.63) is 94.1 Å². The zero-order valence-electron chi connectivity index (χ0n) is 34.0. The van der Waals surface area contributed by atoms with Gasteiger partial charge in [0.1, 0.15) is 35.2 Å². The molecule has 3 aliphatic rings. The number of para-hydroxylation sites is 1. The number of nitrogens with zero attached hydrogens (tertiary/aromatic N) is 7. The van der Waals surface area contributed by atoms with Crippen molar-refractivity contribution >= 4 is 28.7 Å². The van der Waals surface area contributed by atoms with Gasteiger partial charge in [-0.15, -0.1) is 0 Å². The molecular weight excluding hydrogens is 824 g/mol. The molecule has 62 heavy (non-hydrogen) atoms. The zero-order valence-corrected chi connectivity index (χ0v) is 34.0. The van der Waals surface area contributed by atoms with E-state index in [9.17, 15) is 36.6 Å². The van der Waals surface area contributed by atoms with E-state index >= 15 is 8.78 Å². The Morgan fingerprint density at radius 1 is 0.968 bits per heavy atom. The molecule has 5 aromatic rings. The second kappa shape index (κ2) is 15.7. The fraction of sp³-hybridized carbons (Fsp3) is 0.419. The van der Waals surface area contributed by atoms with Crippen molar-refractivity contribution in [1.29, 1.82) is 0 Å². The van der Waals surface area contributed by atoms with E-state index in [1.807, 2.05) is 7.05 Å². The quantitative estimate of drug-likeness (QED) is 0.117. The number of urea groups is 1. The molecule has 0 radical (unpaired) electrons. The van der Waals surface area contributed by atoms with E-state index in [2.05, 4.69) is 37.6 Å². The number of fused-ring (bicyclic) bond motifs is 4. The van der Waals surface area contributed by atoms with Gasteiger partial charge in [0.15, 0.2) is 11.5 Å². The van der Waals surface area contributed by atoms with Crippen LogP contribution in [0.3, 0.4) is 0 Å². The number of hydrogen-bond donors (Lipinski definition) is 3. The highest BCUT2D eigenvalue weighted by Crippen LogP contribution is 2.64. The molecule has 326 valence electrons. The Morgan fingerprint density at radius 3 is 2.32 bits per heavy atom.